The van der Waals surface area contributed by atoms with E-state index in [-0.39, 0.29) is 17.4 Å². The lowest BCUT2D eigenvalue weighted by Crippen LogP contribution is -2.43. The van der Waals surface area contributed by atoms with Crippen molar-refractivity contribution in [2.75, 3.05) is 11.9 Å². The summed E-state index contributed by atoms with van der Waals surface area (Å²) in [5.41, 5.74) is 4.55. The maximum absolute atomic E-state index is 12.2. The number of hydrogen-bond acceptors (Lipinski definition) is 5. The van der Waals surface area contributed by atoms with E-state index >= 15 is 0 Å². The second-order valence-corrected chi connectivity index (χ2v) is 7.65. The molecule has 0 radical (unpaired) electrons. The van der Waals surface area contributed by atoms with Crippen LogP contribution in [0.2, 0.25) is 0 Å². The normalized spacial score (nSPS) is 10.9. The van der Waals surface area contributed by atoms with Crippen LogP contribution in [0.15, 0.2) is 47.4 Å². The average Bonchev–Trinajstić information content (AvgIpc) is 2.57. The number of amides is 2. The predicted octanol–water partition coefficient (Wildman–Crippen LogP) is 1.65. The Bertz CT molecular complexity index is 920. The van der Waals surface area contributed by atoms with Gasteiger partial charge in [-0.05, 0) is 61.4 Å². The van der Waals surface area contributed by atoms with Crippen LogP contribution in [0.4, 0.5) is 5.69 Å². The van der Waals surface area contributed by atoms with Gasteiger partial charge in [-0.25, -0.2) is 8.42 Å². The van der Waals surface area contributed by atoms with Crippen LogP contribution in [0, 0.1) is 13.8 Å². The van der Waals surface area contributed by atoms with Gasteiger partial charge in [0.05, 0.1) is 4.90 Å². The highest BCUT2D eigenvalue weighted by atomic mass is 32.2. The molecule has 0 aliphatic rings. The second-order valence-electron chi connectivity index (χ2n) is 5.97. The molecule has 0 fully saturated rings. The van der Waals surface area contributed by atoms with Crippen LogP contribution in [0.5, 0.6) is 5.75 Å². The zero-order valence-electron chi connectivity index (χ0n) is 15.2. The smallest absolute Gasteiger partial charge is 0.272 e. The molecule has 0 bridgehead atoms. The number of aryl methyl sites for hydroxylation is 2. The molecule has 144 valence electrons. The van der Waals surface area contributed by atoms with E-state index in [4.69, 9.17) is 4.74 Å². The van der Waals surface area contributed by atoms with Gasteiger partial charge in [0.25, 0.3) is 15.9 Å². The maximum Gasteiger partial charge on any atom is 0.272 e. The van der Waals surface area contributed by atoms with E-state index in [2.05, 4.69) is 10.7 Å². The highest BCUT2D eigenvalue weighted by Crippen LogP contribution is 2.16. The van der Waals surface area contributed by atoms with Gasteiger partial charge in [-0.2, -0.15) is 0 Å². The monoisotopic (exact) mass is 391 g/mol. The lowest BCUT2D eigenvalue weighted by atomic mass is 10.1. The van der Waals surface area contributed by atoms with Crippen molar-refractivity contribution in [3.63, 3.8) is 0 Å². The van der Waals surface area contributed by atoms with Crippen molar-refractivity contribution < 1.29 is 22.7 Å². The summed E-state index contributed by atoms with van der Waals surface area (Å²) in [6.45, 7) is 4.82. The molecule has 0 spiro atoms. The standard InChI is InChI=1S/C18H21N3O5S/c1-12-8-13(2)10-16(9-12)26-11-18(23)20-21-27(24,25)17-6-4-15(5-7-17)19-14(3)22/h4-10,21H,11H2,1-3H3,(H,19,22)(H,20,23). The van der Waals surface area contributed by atoms with Gasteiger partial charge >= 0.3 is 0 Å². The van der Waals surface area contributed by atoms with E-state index in [1.165, 1.54) is 31.2 Å². The van der Waals surface area contributed by atoms with E-state index in [1.807, 2.05) is 24.7 Å². The summed E-state index contributed by atoms with van der Waals surface area (Å²) < 4.78 is 29.7. The molecule has 0 unspecified atom stereocenters. The molecule has 2 aromatic carbocycles. The van der Waals surface area contributed by atoms with Gasteiger partial charge in [0.15, 0.2) is 6.61 Å². The van der Waals surface area contributed by atoms with E-state index < -0.39 is 15.9 Å². The number of nitrogens with one attached hydrogen (secondary N) is 3. The van der Waals surface area contributed by atoms with Crippen LogP contribution in [-0.2, 0) is 19.6 Å². The van der Waals surface area contributed by atoms with Gasteiger partial charge in [-0.3, -0.25) is 15.0 Å². The quantitative estimate of drug-likeness (QED) is 0.621. The Balaban J connectivity index is 1.90. The van der Waals surface area contributed by atoms with Crippen molar-refractivity contribution in [2.24, 2.45) is 0 Å². The minimum absolute atomic E-state index is 0.0628. The summed E-state index contributed by atoms with van der Waals surface area (Å²) in [5.74, 6) is -0.383. The van der Waals surface area contributed by atoms with Crippen LogP contribution in [-0.4, -0.2) is 26.8 Å². The number of anilines is 1. The third kappa shape index (κ3) is 6.39. The lowest BCUT2D eigenvalue weighted by Gasteiger charge is -2.11. The molecule has 2 rings (SSSR count). The summed E-state index contributed by atoms with van der Waals surface area (Å²) in [6, 6.07) is 11.0. The van der Waals surface area contributed by atoms with Gasteiger partial charge in [0, 0.05) is 12.6 Å². The second kappa shape index (κ2) is 8.65. The van der Waals surface area contributed by atoms with Gasteiger partial charge in [-0.1, -0.05) is 6.07 Å². The fourth-order valence-corrected chi connectivity index (χ4v) is 3.17. The van der Waals surface area contributed by atoms with Crippen LogP contribution in [0.3, 0.4) is 0 Å². The average molecular weight is 391 g/mol. The first-order chi connectivity index (χ1) is 12.7. The van der Waals surface area contributed by atoms with Crippen molar-refractivity contribution in [1.29, 1.82) is 0 Å². The lowest BCUT2D eigenvalue weighted by molar-refractivity contribution is -0.123. The van der Waals surface area contributed by atoms with Crippen molar-refractivity contribution >= 4 is 27.5 Å². The maximum atomic E-state index is 12.2. The van der Waals surface area contributed by atoms with E-state index in [0.29, 0.717) is 11.4 Å². The molecule has 9 heteroatoms. The first kappa shape index (κ1) is 20.4. The van der Waals surface area contributed by atoms with Crippen LogP contribution in [0.1, 0.15) is 18.1 Å². The number of sulfonamides is 1. The molecule has 0 heterocycles. The first-order valence-corrected chi connectivity index (χ1v) is 9.53. The highest BCUT2D eigenvalue weighted by Gasteiger charge is 2.15. The number of hydrogen-bond donors (Lipinski definition) is 3. The molecular weight excluding hydrogens is 370 g/mol. The van der Waals surface area contributed by atoms with Crippen molar-refractivity contribution in [3.05, 3.63) is 53.6 Å². The molecule has 0 saturated heterocycles. The Labute approximate surface area is 157 Å². The van der Waals surface area contributed by atoms with Gasteiger partial charge in [-0.15, -0.1) is 4.83 Å². The molecule has 3 N–H and O–H groups in total. The van der Waals surface area contributed by atoms with Crippen molar-refractivity contribution in [2.45, 2.75) is 25.7 Å². The van der Waals surface area contributed by atoms with E-state index in [9.17, 15) is 18.0 Å². The van der Waals surface area contributed by atoms with E-state index in [1.54, 1.807) is 12.1 Å². The summed E-state index contributed by atoms with van der Waals surface area (Å²) >= 11 is 0. The number of ether oxygens (including phenoxy) is 1. The largest absolute Gasteiger partial charge is 0.484 e. The number of benzene rings is 2. The molecule has 0 aliphatic heterocycles. The van der Waals surface area contributed by atoms with Crippen molar-refractivity contribution in [1.82, 2.24) is 10.3 Å². The van der Waals surface area contributed by atoms with Gasteiger partial charge < -0.3 is 10.1 Å². The van der Waals surface area contributed by atoms with Crippen LogP contribution < -0.4 is 20.3 Å². The van der Waals surface area contributed by atoms with Gasteiger partial charge in [0.2, 0.25) is 5.91 Å². The fourth-order valence-electron chi connectivity index (χ4n) is 2.30. The molecule has 0 atom stereocenters. The zero-order valence-corrected chi connectivity index (χ0v) is 16.0. The molecule has 27 heavy (non-hydrogen) atoms. The predicted molar refractivity (Wildman–Crippen MR) is 101 cm³/mol. The third-order valence-electron chi connectivity index (χ3n) is 3.37. The Kier molecular flexibility index (Phi) is 6.54. The van der Waals surface area contributed by atoms with Crippen LogP contribution >= 0.6 is 0 Å². The molecule has 8 nitrogen and oxygen atoms in total. The molecule has 2 amide bonds. The molecular formula is C18H21N3O5S. The minimum Gasteiger partial charge on any atom is -0.484 e. The highest BCUT2D eigenvalue weighted by molar-refractivity contribution is 7.89. The molecule has 0 aromatic heterocycles. The number of hydrazine groups is 1. The Morgan fingerprint density at radius 1 is 1.00 bits per heavy atom. The summed E-state index contributed by atoms with van der Waals surface area (Å²) in [5, 5.41) is 2.53. The Morgan fingerprint density at radius 2 is 1.59 bits per heavy atom. The van der Waals surface area contributed by atoms with Crippen molar-refractivity contribution in [3.8, 4) is 5.75 Å². The Hall–Kier alpha value is -2.91. The third-order valence-corrected chi connectivity index (χ3v) is 4.64. The summed E-state index contributed by atoms with van der Waals surface area (Å²) in [7, 11) is -3.95. The number of rotatable bonds is 7. The zero-order chi connectivity index (χ0) is 20.0. The van der Waals surface area contributed by atoms with Crippen LogP contribution in [0.25, 0.3) is 0 Å². The number of carbonyl (C=O) groups excluding carboxylic acids is 2. The fraction of sp³-hybridized carbons (Fsp3) is 0.222. The first-order valence-electron chi connectivity index (χ1n) is 8.05. The molecule has 2 aromatic rings. The Morgan fingerprint density at radius 3 is 2.15 bits per heavy atom. The molecule has 0 aliphatic carbocycles. The van der Waals surface area contributed by atoms with Gasteiger partial charge in [0.1, 0.15) is 5.75 Å². The summed E-state index contributed by atoms with van der Waals surface area (Å²) in [4.78, 5) is 24.7. The molecule has 0 saturated carbocycles. The SMILES string of the molecule is CC(=O)Nc1ccc(S(=O)(=O)NNC(=O)COc2cc(C)cc(C)c2)cc1. The topological polar surface area (TPSA) is 114 Å². The number of carbonyl (C=O) groups is 2. The van der Waals surface area contributed by atoms with E-state index in [0.717, 1.165) is 11.1 Å². The summed E-state index contributed by atoms with van der Waals surface area (Å²) in [6.07, 6.45) is 0. The minimum atomic E-state index is -3.95.